The van der Waals surface area contributed by atoms with Crippen LogP contribution in [0.3, 0.4) is 0 Å². The molecule has 0 unspecified atom stereocenters. The summed E-state index contributed by atoms with van der Waals surface area (Å²) in [4.78, 5) is 45.8. The molecule has 2 amide bonds. The number of Topliss-reactive ketones (excluding diaryl/α,β-unsaturated/α-hetero) is 2. The number of benzene rings is 1. The first-order chi connectivity index (χ1) is 13.8. The zero-order valence-corrected chi connectivity index (χ0v) is 29.3. The Kier molecular flexibility index (Phi) is 22.6. The van der Waals surface area contributed by atoms with Crippen LogP contribution in [-0.4, -0.2) is 43.1 Å². The zero-order chi connectivity index (χ0) is 21.6. The Balaban J connectivity index is 0. The normalized spacial score (nSPS) is 9.94. The van der Waals surface area contributed by atoms with E-state index in [1.54, 1.807) is 12.1 Å². The predicted octanol–water partition coefficient (Wildman–Crippen LogP) is -2.46. The molecule has 7 nitrogen and oxygen atoms in total. The summed E-state index contributed by atoms with van der Waals surface area (Å²) in [5.74, 6) is -0.398. The maximum atomic E-state index is 11.7. The van der Waals surface area contributed by atoms with E-state index in [1.165, 1.54) is 6.92 Å². The second-order valence-corrected chi connectivity index (χ2v) is 7.40. The predicted molar refractivity (Wildman–Crippen MR) is 111 cm³/mol. The molecule has 0 radical (unpaired) electrons. The Labute approximate surface area is 283 Å². The van der Waals surface area contributed by atoms with Gasteiger partial charge in [-0.1, -0.05) is 43.7 Å². The van der Waals surface area contributed by atoms with Crippen LogP contribution >= 0.6 is 0 Å². The van der Waals surface area contributed by atoms with Crippen molar-refractivity contribution in [1.82, 2.24) is 0 Å². The standard InChI is InChI=1S/C22H32N2O5.2Rb/c1-16(2)11-21(27)23-9-4-10-29-15-22(28)24-14-19-7-5-18(6-8-19)13-20(26)12-17(3)25;;/h5-8,16H,4,9-15H2,1-3H3,(H2,23,24,27,28);;/q;2*+1/p-2. The number of hydrogen-bond acceptors (Lipinski definition) is 5. The third-order valence-electron chi connectivity index (χ3n) is 3.85. The number of ether oxygens (including phenoxy) is 1. The Morgan fingerprint density at radius 2 is 1.55 bits per heavy atom. The van der Waals surface area contributed by atoms with E-state index >= 15 is 0 Å². The second kappa shape index (κ2) is 20.4. The van der Waals surface area contributed by atoms with Crippen LogP contribution in [0.25, 0.3) is 10.6 Å². The van der Waals surface area contributed by atoms with E-state index in [4.69, 9.17) is 4.74 Å². The van der Waals surface area contributed by atoms with E-state index in [1.807, 2.05) is 26.0 Å². The molecule has 0 aliphatic carbocycles. The number of rotatable bonds is 14. The van der Waals surface area contributed by atoms with Gasteiger partial charge in [0.05, 0.1) is 24.8 Å². The third kappa shape index (κ3) is 19.1. The van der Waals surface area contributed by atoms with Crippen LogP contribution in [0.15, 0.2) is 24.3 Å². The molecule has 0 aliphatic rings. The van der Waals surface area contributed by atoms with Gasteiger partial charge in [0.2, 0.25) is 0 Å². The first-order valence-electron chi connectivity index (χ1n) is 9.83. The summed E-state index contributed by atoms with van der Waals surface area (Å²) in [5, 5.41) is 7.88. The third-order valence-corrected chi connectivity index (χ3v) is 3.85. The van der Waals surface area contributed by atoms with Crippen LogP contribution in [-0.2, 0) is 36.9 Å². The van der Waals surface area contributed by atoms with Crippen LogP contribution in [0.5, 0.6) is 0 Å². The van der Waals surface area contributed by atoms with Crippen molar-refractivity contribution in [2.75, 3.05) is 19.8 Å². The number of nitrogens with zero attached hydrogens (tertiary/aromatic N) is 2. The fourth-order valence-electron chi connectivity index (χ4n) is 2.50. The Bertz CT molecular complexity index is 694. The molecule has 0 atom stereocenters. The van der Waals surface area contributed by atoms with E-state index in [0.717, 1.165) is 11.1 Å². The molecule has 1 aromatic rings. The molecule has 0 N–H and O–H groups in total. The van der Waals surface area contributed by atoms with Gasteiger partial charge >= 0.3 is 116 Å². The van der Waals surface area contributed by atoms with Crippen LogP contribution in [0, 0.1) is 5.92 Å². The maximum Gasteiger partial charge on any atom is 1.00 e. The summed E-state index contributed by atoms with van der Waals surface area (Å²) in [6.07, 6.45) is 1.21. The van der Waals surface area contributed by atoms with Gasteiger partial charge in [0.15, 0.2) is 0 Å². The first-order valence-corrected chi connectivity index (χ1v) is 9.83. The van der Waals surface area contributed by atoms with E-state index in [9.17, 15) is 19.2 Å². The van der Waals surface area contributed by atoms with Crippen LogP contribution < -0.4 is 116 Å². The van der Waals surface area contributed by atoms with Crippen molar-refractivity contribution in [2.45, 2.75) is 53.0 Å². The number of ketones is 2. The van der Waals surface area contributed by atoms with Gasteiger partial charge in [0.25, 0.3) is 0 Å². The van der Waals surface area contributed by atoms with Gasteiger partial charge < -0.3 is 25.0 Å². The zero-order valence-electron chi connectivity index (χ0n) is 19.5. The monoisotopic (exact) mass is 572 g/mol. The van der Waals surface area contributed by atoms with Gasteiger partial charge in [-0.05, 0) is 31.2 Å². The number of amides is 2. The minimum absolute atomic E-state index is 0. The minimum atomic E-state index is -0.349. The molecule has 1 aromatic carbocycles. The number of carbonyl (C=O) groups is 4. The van der Waals surface area contributed by atoms with Gasteiger partial charge in [-0.2, -0.15) is 0 Å². The average Bonchev–Trinajstić information content (AvgIpc) is 2.62. The molecule has 0 bridgehead atoms. The molecule has 0 aliphatic heterocycles. The largest absolute Gasteiger partial charge is 1.00 e. The maximum absolute atomic E-state index is 11.7. The number of hydrogen-bond donors (Lipinski definition) is 0. The van der Waals surface area contributed by atoms with E-state index < -0.39 is 0 Å². The van der Waals surface area contributed by atoms with Gasteiger partial charge in [-0.3, -0.25) is 9.59 Å². The van der Waals surface area contributed by atoms with Crippen molar-refractivity contribution < 1.29 is 140 Å². The quantitative estimate of drug-likeness (QED) is 0.182. The summed E-state index contributed by atoms with van der Waals surface area (Å²) in [5.41, 5.74) is 1.68. The molecule has 0 heterocycles. The molecule has 0 spiro atoms. The molecule has 9 heteroatoms. The molecule has 0 fully saturated rings. The summed E-state index contributed by atoms with van der Waals surface area (Å²) >= 11 is 0. The van der Waals surface area contributed by atoms with Gasteiger partial charge in [0, 0.05) is 13.0 Å². The molecule has 160 valence electrons. The van der Waals surface area contributed by atoms with Gasteiger partial charge in [-0.15, -0.1) is 13.1 Å². The molecule has 31 heavy (non-hydrogen) atoms. The number of carbonyl (C=O) groups excluding carboxylic acids is 4. The van der Waals surface area contributed by atoms with Crippen molar-refractivity contribution in [2.24, 2.45) is 5.92 Å². The average molecular weight is 573 g/mol. The van der Waals surface area contributed by atoms with E-state index in [0.29, 0.717) is 31.9 Å². The Morgan fingerprint density at radius 3 is 2.13 bits per heavy atom. The summed E-state index contributed by atoms with van der Waals surface area (Å²) in [6, 6.07) is 7.22. The minimum Gasteiger partial charge on any atom is -0.653 e. The topological polar surface area (TPSA) is 106 Å². The summed E-state index contributed by atoms with van der Waals surface area (Å²) in [6.45, 7) is 6.23. The molecule has 1 rings (SSSR count). The van der Waals surface area contributed by atoms with Gasteiger partial charge in [0.1, 0.15) is 11.6 Å². The van der Waals surface area contributed by atoms with Crippen molar-refractivity contribution in [3.63, 3.8) is 0 Å². The fraction of sp³-hybridized carbons (Fsp3) is 0.545. The molecular formula is C22H30N2O5Rb2. The van der Waals surface area contributed by atoms with Crippen molar-refractivity contribution in [3.05, 3.63) is 46.0 Å². The van der Waals surface area contributed by atoms with Crippen molar-refractivity contribution in [1.29, 1.82) is 0 Å². The van der Waals surface area contributed by atoms with Crippen molar-refractivity contribution in [3.8, 4) is 0 Å². The van der Waals surface area contributed by atoms with Crippen LogP contribution in [0.4, 0.5) is 0 Å². The Hall–Kier alpha value is 1.07. The first kappa shape index (κ1) is 34.2. The van der Waals surface area contributed by atoms with Crippen LogP contribution in [0.2, 0.25) is 0 Å². The van der Waals surface area contributed by atoms with Gasteiger partial charge in [-0.25, -0.2) is 0 Å². The molecule has 0 saturated heterocycles. The Morgan fingerprint density at radius 1 is 0.935 bits per heavy atom. The molecule has 0 aromatic heterocycles. The molecular weight excluding hydrogens is 543 g/mol. The summed E-state index contributed by atoms with van der Waals surface area (Å²) < 4.78 is 5.26. The SMILES string of the molecule is CC(=O)CC(=O)Cc1ccc(C[N-]C(=O)COCCC[N-]C(=O)CC(C)C)cc1.[Rb+].[Rb+]. The smallest absolute Gasteiger partial charge is 0.653 e. The second-order valence-electron chi connectivity index (χ2n) is 7.40. The molecule has 0 saturated carbocycles. The van der Waals surface area contributed by atoms with E-state index in [-0.39, 0.29) is 166 Å². The van der Waals surface area contributed by atoms with Crippen LogP contribution in [0.1, 0.15) is 51.2 Å². The van der Waals surface area contributed by atoms with E-state index in [2.05, 4.69) is 10.6 Å². The fourth-order valence-corrected chi connectivity index (χ4v) is 2.50. The summed E-state index contributed by atoms with van der Waals surface area (Å²) in [7, 11) is 0. The van der Waals surface area contributed by atoms with Crippen molar-refractivity contribution >= 4 is 23.4 Å².